The molecule has 0 aromatic heterocycles. The molecule has 0 aliphatic heterocycles. The van der Waals surface area contributed by atoms with Gasteiger partial charge in [0.2, 0.25) is 0 Å². The number of hydrogen-bond donors (Lipinski definition) is 0. The summed E-state index contributed by atoms with van der Waals surface area (Å²) in [6.45, 7) is 3.25. The molecule has 0 saturated heterocycles. The van der Waals surface area contributed by atoms with E-state index in [0.29, 0.717) is 17.0 Å². The zero-order chi connectivity index (χ0) is 18.9. The summed E-state index contributed by atoms with van der Waals surface area (Å²) in [4.78, 5) is 25.7. The minimum absolute atomic E-state index is 0.0366. The van der Waals surface area contributed by atoms with Crippen LogP contribution in [0.25, 0.3) is 0 Å². The molecule has 0 aliphatic carbocycles. The van der Waals surface area contributed by atoms with Gasteiger partial charge in [0, 0.05) is 5.69 Å². The summed E-state index contributed by atoms with van der Waals surface area (Å²) in [5.41, 5.74) is 0.894. The Kier molecular flexibility index (Phi) is 6.75. The number of rotatable bonds is 7. The van der Waals surface area contributed by atoms with Crippen LogP contribution < -0.4 is 9.64 Å². The third-order valence-electron chi connectivity index (χ3n) is 3.39. The van der Waals surface area contributed by atoms with Crippen LogP contribution in [0.5, 0.6) is 5.75 Å². The fraction of sp³-hybridized carbons (Fsp3) is 0.250. The SMILES string of the molecule is CC(C)Oc1ccc(C(=O)OCC(=O)N(CC#N)c2ccccc2)cc1. The maximum absolute atomic E-state index is 12.3. The summed E-state index contributed by atoms with van der Waals surface area (Å²) in [7, 11) is 0. The Hall–Kier alpha value is -3.33. The van der Waals surface area contributed by atoms with Crippen molar-refractivity contribution in [3.8, 4) is 11.8 Å². The molecule has 0 bridgehead atoms. The van der Waals surface area contributed by atoms with Crippen LogP contribution in [0.15, 0.2) is 54.6 Å². The summed E-state index contributed by atoms with van der Waals surface area (Å²) in [6, 6.07) is 17.2. The van der Waals surface area contributed by atoms with Crippen LogP contribution in [0.3, 0.4) is 0 Å². The predicted octanol–water partition coefficient (Wildman–Crippen LogP) is 3.19. The van der Waals surface area contributed by atoms with E-state index in [-0.39, 0.29) is 12.6 Å². The number of para-hydroxylation sites is 1. The minimum atomic E-state index is -0.612. The summed E-state index contributed by atoms with van der Waals surface area (Å²) < 4.78 is 10.6. The monoisotopic (exact) mass is 352 g/mol. The number of esters is 1. The smallest absolute Gasteiger partial charge is 0.338 e. The van der Waals surface area contributed by atoms with Crippen molar-refractivity contribution in [1.82, 2.24) is 0 Å². The van der Waals surface area contributed by atoms with E-state index in [1.54, 1.807) is 48.5 Å². The molecule has 0 heterocycles. The number of ether oxygens (including phenoxy) is 2. The normalized spacial score (nSPS) is 10.1. The molecule has 2 rings (SSSR count). The van der Waals surface area contributed by atoms with E-state index in [4.69, 9.17) is 14.7 Å². The molecule has 134 valence electrons. The van der Waals surface area contributed by atoms with Crippen molar-refractivity contribution in [2.45, 2.75) is 20.0 Å². The molecule has 1 amide bonds. The first-order chi connectivity index (χ1) is 12.5. The first kappa shape index (κ1) is 19.0. The topological polar surface area (TPSA) is 79.6 Å². The Balaban J connectivity index is 1.97. The number of hydrogen-bond acceptors (Lipinski definition) is 5. The van der Waals surface area contributed by atoms with Crippen LogP contribution in [0.4, 0.5) is 5.69 Å². The van der Waals surface area contributed by atoms with E-state index in [1.807, 2.05) is 26.0 Å². The minimum Gasteiger partial charge on any atom is -0.491 e. The molecule has 6 heteroatoms. The number of amides is 1. The van der Waals surface area contributed by atoms with Crippen LogP contribution >= 0.6 is 0 Å². The third kappa shape index (κ3) is 5.35. The van der Waals surface area contributed by atoms with Crippen LogP contribution in [0, 0.1) is 11.3 Å². The van der Waals surface area contributed by atoms with Gasteiger partial charge in [-0.25, -0.2) is 4.79 Å². The van der Waals surface area contributed by atoms with Gasteiger partial charge in [-0.05, 0) is 50.2 Å². The van der Waals surface area contributed by atoms with E-state index in [9.17, 15) is 9.59 Å². The number of benzene rings is 2. The second-order valence-corrected chi connectivity index (χ2v) is 5.74. The summed E-state index contributed by atoms with van der Waals surface area (Å²) in [6.07, 6.45) is 0.0366. The standard InChI is InChI=1S/C20H20N2O4/c1-15(2)26-18-10-8-16(9-11-18)20(24)25-14-19(23)22(13-12-21)17-6-4-3-5-7-17/h3-11,15H,13-14H2,1-2H3. The van der Waals surface area contributed by atoms with Crippen molar-refractivity contribution < 1.29 is 19.1 Å². The molecule has 2 aromatic rings. The highest BCUT2D eigenvalue weighted by Crippen LogP contribution is 2.15. The lowest BCUT2D eigenvalue weighted by Crippen LogP contribution is -2.35. The van der Waals surface area contributed by atoms with Crippen molar-refractivity contribution in [3.63, 3.8) is 0 Å². The Morgan fingerprint density at radius 3 is 2.31 bits per heavy atom. The number of nitriles is 1. The molecule has 0 aliphatic rings. The van der Waals surface area contributed by atoms with Gasteiger partial charge in [0.1, 0.15) is 12.3 Å². The molecule has 0 N–H and O–H groups in total. The zero-order valence-corrected chi connectivity index (χ0v) is 14.7. The Labute approximate surface area is 152 Å². The molecule has 26 heavy (non-hydrogen) atoms. The molecule has 0 unspecified atom stereocenters. The fourth-order valence-corrected chi connectivity index (χ4v) is 2.23. The van der Waals surface area contributed by atoms with Crippen molar-refractivity contribution in [2.24, 2.45) is 0 Å². The van der Waals surface area contributed by atoms with Crippen LogP contribution in [-0.2, 0) is 9.53 Å². The number of carbonyl (C=O) groups excluding carboxylic acids is 2. The second kappa shape index (κ2) is 9.23. The van der Waals surface area contributed by atoms with Crippen molar-refractivity contribution in [1.29, 1.82) is 5.26 Å². The van der Waals surface area contributed by atoms with Crippen molar-refractivity contribution in [2.75, 3.05) is 18.1 Å². The van der Waals surface area contributed by atoms with Gasteiger partial charge in [0.25, 0.3) is 5.91 Å². The maximum Gasteiger partial charge on any atom is 0.338 e. The fourth-order valence-electron chi connectivity index (χ4n) is 2.23. The Bertz CT molecular complexity index is 780. The van der Waals surface area contributed by atoms with Gasteiger partial charge in [-0.1, -0.05) is 18.2 Å². The average molecular weight is 352 g/mol. The summed E-state index contributed by atoms with van der Waals surface area (Å²) >= 11 is 0. The van der Waals surface area contributed by atoms with Crippen LogP contribution in [0.2, 0.25) is 0 Å². The van der Waals surface area contributed by atoms with Gasteiger partial charge >= 0.3 is 5.97 Å². The highest BCUT2D eigenvalue weighted by molar-refractivity contribution is 5.97. The van der Waals surface area contributed by atoms with Gasteiger partial charge in [0.05, 0.1) is 17.7 Å². The van der Waals surface area contributed by atoms with Gasteiger partial charge in [-0.15, -0.1) is 0 Å². The third-order valence-corrected chi connectivity index (χ3v) is 3.39. The lowest BCUT2D eigenvalue weighted by Gasteiger charge is -2.19. The zero-order valence-electron chi connectivity index (χ0n) is 14.7. The maximum atomic E-state index is 12.3. The molecule has 0 radical (unpaired) electrons. The molecule has 0 atom stereocenters. The Morgan fingerprint density at radius 1 is 1.08 bits per heavy atom. The number of anilines is 1. The first-order valence-corrected chi connectivity index (χ1v) is 8.17. The molecule has 0 fully saturated rings. The van der Waals surface area contributed by atoms with Gasteiger partial charge in [-0.3, -0.25) is 9.69 Å². The van der Waals surface area contributed by atoms with Crippen LogP contribution in [-0.4, -0.2) is 31.1 Å². The summed E-state index contributed by atoms with van der Waals surface area (Å²) in [5.74, 6) is -0.429. The Morgan fingerprint density at radius 2 is 1.73 bits per heavy atom. The van der Waals surface area contributed by atoms with E-state index >= 15 is 0 Å². The molecule has 0 spiro atoms. The van der Waals surface area contributed by atoms with E-state index < -0.39 is 18.5 Å². The lowest BCUT2D eigenvalue weighted by atomic mass is 10.2. The van der Waals surface area contributed by atoms with E-state index in [1.165, 1.54) is 4.90 Å². The average Bonchev–Trinajstić information content (AvgIpc) is 2.64. The molecule has 0 saturated carbocycles. The van der Waals surface area contributed by atoms with Gasteiger partial charge < -0.3 is 9.47 Å². The number of carbonyl (C=O) groups is 2. The highest BCUT2D eigenvalue weighted by atomic mass is 16.5. The molecule has 6 nitrogen and oxygen atoms in total. The lowest BCUT2D eigenvalue weighted by molar-refractivity contribution is -0.121. The quantitative estimate of drug-likeness (QED) is 0.565. The number of nitrogens with zero attached hydrogens (tertiary/aromatic N) is 2. The second-order valence-electron chi connectivity index (χ2n) is 5.74. The summed E-state index contributed by atoms with van der Waals surface area (Å²) in [5, 5.41) is 8.93. The largest absolute Gasteiger partial charge is 0.491 e. The predicted molar refractivity (Wildman–Crippen MR) is 96.9 cm³/mol. The van der Waals surface area contributed by atoms with E-state index in [2.05, 4.69) is 0 Å². The van der Waals surface area contributed by atoms with Gasteiger partial charge in [0.15, 0.2) is 6.61 Å². The molecule has 2 aromatic carbocycles. The van der Waals surface area contributed by atoms with Crippen molar-refractivity contribution >= 4 is 17.6 Å². The molecular weight excluding hydrogens is 332 g/mol. The van der Waals surface area contributed by atoms with Crippen molar-refractivity contribution in [3.05, 3.63) is 60.2 Å². The molecular formula is C20H20N2O4. The first-order valence-electron chi connectivity index (χ1n) is 8.17. The van der Waals surface area contributed by atoms with E-state index in [0.717, 1.165) is 0 Å². The highest BCUT2D eigenvalue weighted by Gasteiger charge is 2.18. The van der Waals surface area contributed by atoms with Crippen LogP contribution in [0.1, 0.15) is 24.2 Å². The van der Waals surface area contributed by atoms with Gasteiger partial charge in [-0.2, -0.15) is 5.26 Å².